The molecule has 0 bridgehead atoms. The predicted octanol–water partition coefficient (Wildman–Crippen LogP) is 3.98. The number of rotatable bonds is 6. The van der Waals surface area contributed by atoms with Gasteiger partial charge in [-0.15, -0.1) is 0 Å². The molecular weight excluding hydrogens is 232 g/mol. The van der Waals surface area contributed by atoms with Crippen molar-refractivity contribution in [1.29, 1.82) is 0 Å². The monoisotopic (exact) mass is 262 g/mol. The summed E-state index contributed by atoms with van der Waals surface area (Å²) in [4.78, 5) is 2.38. The molecule has 0 radical (unpaired) electrons. The molecule has 0 atom stereocenters. The van der Waals surface area contributed by atoms with Gasteiger partial charge in [-0.1, -0.05) is 45.4 Å². The van der Waals surface area contributed by atoms with E-state index in [-0.39, 0.29) is 0 Å². The number of nitrogens with zero attached hydrogens (tertiary/aromatic N) is 1. The maximum Gasteiger partial charge on any atom is 0.0409 e. The van der Waals surface area contributed by atoms with Gasteiger partial charge in [-0.3, -0.25) is 0 Å². The highest BCUT2D eigenvalue weighted by Crippen LogP contribution is 2.24. The van der Waals surface area contributed by atoms with E-state index < -0.39 is 0 Å². The van der Waals surface area contributed by atoms with Crippen LogP contribution in [0.25, 0.3) is 0 Å². The second-order valence-corrected chi connectivity index (χ2v) is 6.73. The Bertz CT molecular complexity index is 391. The maximum atomic E-state index is 3.51. The second kappa shape index (κ2) is 6.95. The molecule has 0 aliphatic heterocycles. The minimum absolute atomic E-state index is 0.313. The van der Waals surface area contributed by atoms with E-state index in [4.69, 9.17) is 0 Å². The van der Waals surface area contributed by atoms with E-state index in [1.54, 1.807) is 0 Å². The van der Waals surface area contributed by atoms with E-state index >= 15 is 0 Å². The predicted molar refractivity (Wildman–Crippen MR) is 85.9 cm³/mol. The molecule has 19 heavy (non-hydrogen) atoms. The fraction of sp³-hybridized carbons (Fsp3) is 0.647. The van der Waals surface area contributed by atoms with Crippen molar-refractivity contribution in [3.05, 3.63) is 29.3 Å². The molecule has 0 saturated heterocycles. The van der Waals surface area contributed by atoms with Gasteiger partial charge >= 0.3 is 0 Å². The van der Waals surface area contributed by atoms with Crippen molar-refractivity contribution < 1.29 is 0 Å². The molecule has 0 aliphatic carbocycles. The molecule has 0 heterocycles. The average Bonchev–Trinajstić information content (AvgIpc) is 2.27. The molecule has 1 aromatic rings. The molecule has 0 spiro atoms. The Hall–Kier alpha value is -1.02. The largest absolute Gasteiger partial charge is 0.374 e. The summed E-state index contributed by atoms with van der Waals surface area (Å²) in [7, 11) is 2.19. The summed E-state index contributed by atoms with van der Waals surface area (Å²) < 4.78 is 0. The molecule has 0 saturated carbocycles. The van der Waals surface area contributed by atoms with Gasteiger partial charge < -0.3 is 10.2 Å². The highest BCUT2D eigenvalue weighted by molar-refractivity contribution is 5.54. The Kier molecular flexibility index (Phi) is 5.86. The van der Waals surface area contributed by atoms with Crippen LogP contribution in [0.4, 0.5) is 5.69 Å². The van der Waals surface area contributed by atoms with E-state index in [1.165, 1.54) is 23.2 Å². The van der Waals surface area contributed by atoms with E-state index in [0.29, 0.717) is 5.41 Å². The van der Waals surface area contributed by atoms with Gasteiger partial charge in [-0.25, -0.2) is 0 Å². The van der Waals surface area contributed by atoms with E-state index in [0.717, 1.165) is 19.6 Å². The summed E-state index contributed by atoms with van der Waals surface area (Å²) in [6.45, 7) is 14.3. The first-order valence-electron chi connectivity index (χ1n) is 7.35. The Labute approximate surface area is 119 Å². The number of anilines is 1. The SMILES string of the molecule is CCCNCc1cc(C)ccc1N(C)CC(C)(C)C. The topological polar surface area (TPSA) is 15.3 Å². The van der Waals surface area contributed by atoms with Crippen LogP contribution in [0.5, 0.6) is 0 Å². The van der Waals surface area contributed by atoms with Crippen molar-refractivity contribution in [2.45, 2.75) is 47.6 Å². The Morgan fingerprint density at radius 2 is 1.89 bits per heavy atom. The molecule has 2 heteroatoms. The van der Waals surface area contributed by atoms with E-state index in [2.05, 4.69) is 70.1 Å². The normalized spacial score (nSPS) is 11.7. The Morgan fingerprint density at radius 1 is 1.21 bits per heavy atom. The minimum atomic E-state index is 0.313. The lowest BCUT2D eigenvalue weighted by Gasteiger charge is -2.30. The summed E-state index contributed by atoms with van der Waals surface area (Å²) >= 11 is 0. The average molecular weight is 262 g/mol. The second-order valence-electron chi connectivity index (χ2n) is 6.73. The van der Waals surface area contributed by atoms with Crippen molar-refractivity contribution >= 4 is 5.69 Å². The highest BCUT2D eigenvalue weighted by Gasteiger charge is 2.16. The standard InChI is InChI=1S/C17H30N2/c1-7-10-18-12-15-11-14(2)8-9-16(15)19(6)13-17(3,4)5/h8-9,11,18H,7,10,12-13H2,1-6H3. The van der Waals surface area contributed by atoms with Crippen LogP contribution in [-0.2, 0) is 6.54 Å². The van der Waals surface area contributed by atoms with Crippen LogP contribution in [-0.4, -0.2) is 20.1 Å². The number of aryl methyl sites for hydroxylation is 1. The quantitative estimate of drug-likeness (QED) is 0.780. The van der Waals surface area contributed by atoms with Gasteiger partial charge in [0.15, 0.2) is 0 Å². The van der Waals surface area contributed by atoms with E-state index in [9.17, 15) is 0 Å². The molecule has 1 aromatic carbocycles. The number of hydrogen-bond donors (Lipinski definition) is 1. The van der Waals surface area contributed by atoms with Crippen LogP contribution >= 0.6 is 0 Å². The van der Waals surface area contributed by atoms with Gasteiger partial charge in [0, 0.05) is 25.8 Å². The first-order chi connectivity index (χ1) is 8.83. The lowest BCUT2D eigenvalue weighted by molar-refractivity contribution is 0.418. The van der Waals surface area contributed by atoms with Crippen LogP contribution in [0.15, 0.2) is 18.2 Å². The summed E-state index contributed by atoms with van der Waals surface area (Å²) in [6, 6.07) is 6.76. The summed E-state index contributed by atoms with van der Waals surface area (Å²) in [5, 5.41) is 3.51. The van der Waals surface area contributed by atoms with Crippen LogP contribution in [0, 0.1) is 12.3 Å². The lowest BCUT2D eigenvalue weighted by Crippen LogP contribution is -2.30. The third kappa shape index (κ3) is 5.65. The molecule has 0 fully saturated rings. The minimum Gasteiger partial charge on any atom is -0.374 e. The fourth-order valence-corrected chi connectivity index (χ4v) is 2.42. The summed E-state index contributed by atoms with van der Waals surface area (Å²) in [5.41, 5.74) is 4.40. The first kappa shape index (κ1) is 16.0. The molecule has 2 nitrogen and oxygen atoms in total. The van der Waals surface area contributed by atoms with Crippen LogP contribution in [0.2, 0.25) is 0 Å². The van der Waals surface area contributed by atoms with Gasteiger partial charge in [0.05, 0.1) is 0 Å². The van der Waals surface area contributed by atoms with Crippen LogP contribution in [0.1, 0.15) is 45.2 Å². The molecule has 0 amide bonds. The van der Waals surface area contributed by atoms with Crippen molar-refractivity contribution in [3.8, 4) is 0 Å². The van der Waals surface area contributed by atoms with Gasteiger partial charge in [0.2, 0.25) is 0 Å². The van der Waals surface area contributed by atoms with Crippen molar-refractivity contribution in [2.24, 2.45) is 5.41 Å². The van der Waals surface area contributed by atoms with Crippen LogP contribution in [0.3, 0.4) is 0 Å². The molecule has 1 rings (SSSR count). The Morgan fingerprint density at radius 3 is 2.47 bits per heavy atom. The van der Waals surface area contributed by atoms with Gasteiger partial charge in [0.1, 0.15) is 0 Å². The molecular formula is C17H30N2. The smallest absolute Gasteiger partial charge is 0.0409 e. The van der Waals surface area contributed by atoms with Crippen LogP contribution < -0.4 is 10.2 Å². The first-order valence-corrected chi connectivity index (χ1v) is 7.35. The third-order valence-electron chi connectivity index (χ3n) is 3.10. The summed E-state index contributed by atoms with van der Waals surface area (Å²) in [6.07, 6.45) is 1.18. The summed E-state index contributed by atoms with van der Waals surface area (Å²) in [5.74, 6) is 0. The van der Waals surface area contributed by atoms with Crippen molar-refractivity contribution in [1.82, 2.24) is 5.32 Å². The zero-order valence-corrected chi connectivity index (χ0v) is 13.5. The molecule has 0 aromatic heterocycles. The van der Waals surface area contributed by atoms with Crippen molar-refractivity contribution in [3.63, 3.8) is 0 Å². The molecule has 108 valence electrons. The van der Waals surface area contributed by atoms with Gasteiger partial charge in [-0.2, -0.15) is 0 Å². The van der Waals surface area contributed by atoms with Crippen molar-refractivity contribution in [2.75, 3.05) is 25.0 Å². The van der Waals surface area contributed by atoms with Gasteiger partial charge in [-0.05, 0) is 36.9 Å². The number of hydrogen-bond acceptors (Lipinski definition) is 2. The zero-order valence-electron chi connectivity index (χ0n) is 13.5. The van der Waals surface area contributed by atoms with E-state index in [1.807, 2.05) is 0 Å². The fourth-order valence-electron chi connectivity index (χ4n) is 2.42. The Balaban J connectivity index is 2.86. The molecule has 0 aliphatic rings. The third-order valence-corrected chi connectivity index (χ3v) is 3.10. The number of nitrogens with one attached hydrogen (secondary N) is 1. The highest BCUT2D eigenvalue weighted by atomic mass is 15.1. The lowest BCUT2D eigenvalue weighted by atomic mass is 9.95. The number of benzene rings is 1. The zero-order chi connectivity index (χ0) is 14.5. The molecule has 1 N–H and O–H groups in total. The van der Waals surface area contributed by atoms with Gasteiger partial charge in [0.25, 0.3) is 0 Å². The maximum absolute atomic E-state index is 3.51. The molecule has 0 unspecified atom stereocenters.